The summed E-state index contributed by atoms with van der Waals surface area (Å²) in [5.41, 5.74) is 2.94. The lowest BCUT2D eigenvalue weighted by molar-refractivity contribution is 0.373. The molecular formula is C15H9FN2OS. The van der Waals surface area contributed by atoms with Gasteiger partial charge in [0.25, 0.3) is 0 Å². The Morgan fingerprint density at radius 1 is 1.20 bits per heavy atom. The smallest absolute Gasteiger partial charge is 0.145 e. The third-order valence-electron chi connectivity index (χ3n) is 2.91. The first-order chi connectivity index (χ1) is 9.76. The van der Waals surface area contributed by atoms with E-state index in [1.807, 2.05) is 0 Å². The van der Waals surface area contributed by atoms with E-state index in [1.54, 1.807) is 30.3 Å². The molecule has 0 N–H and O–H groups in total. The zero-order chi connectivity index (χ0) is 13.9. The van der Waals surface area contributed by atoms with E-state index < -0.39 is 0 Å². The van der Waals surface area contributed by atoms with E-state index in [1.165, 1.54) is 12.1 Å². The van der Waals surface area contributed by atoms with Crippen LogP contribution in [0.3, 0.4) is 0 Å². The molecule has 0 fully saturated rings. The molecule has 0 atom stereocenters. The molecule has 0 bridgehead atoms. The average molecular weight is 284 g/mol. The second-order valence-electron chi connectivity index (χ2n) is 4.21. The minimum absolute atomic E-state index is 0.274. The first kappa shape index (κ1) is 12.7. The summed E-state index contributed by atoms with van der Waals surface area (Å²) in [4.78, 5) is 8.45. The van der Waals surface area contributed by atoms with Gasteiger partial charge < -0.3 is 4.74 Å². The first-order valence-electron chi connectivity index (χ1n) is 5.94. The number of isothiocyanates is 1. The summed E-state index contributed by atoms with van der Waals surface area (Å²) in [5.74, 6) is 0.420. The predicted molar refractivity (Wildman–Crippen MR) is 79.2 cm³/mol. The van der Waals surface area contributed by atoms with E-state index in [4.69, 9.17) is 4.74 Å². The molecule has 0 saturated carbocycles. The summed E-state index contributed by atoms with van der Waals surface area (Å²) in [6.07, 6.45) is 0. The molecule has 1 aliphatic heterocycles. The fraction of sp³-hybridized carbons (Fsp3) is 0.0667. The number of rotatable bonds is 2. The van der Waals surface area contributed by atoms with Gasteiger partial charge in [-0.1, -0.05) is 12.1 Å². The SMILES string of the molecule is Fc1ccc(C2=Nc3cc(N=C=S)ccc3OC2)cc1. The highest BCUT2D eigenvalue weighted by molar-refractivity contribution is 7.78. The topological polar surface area (TPSA) is 34.0 Å². The molecule has 1 heterocycles. The third-order valence-corrected chi connectivity index (χ3v) is 3.01. The van der Waals surface area contributed by atoms with Crippen molar-refractivity contribution in [1.82, 2.24) is 0 Å². The van der Waals surface area contributed by atoms with Crippen LogP contribution in [-0.2, 0) is 0 Å². The highest BCUT2D eigenvalue weighted by atomic mass is 32.1. The van der Waals surface area contributed by atoms with Crippen LogP contribution in [0.2, 0.25) is 0 Å². The standard InChI is InChI=1S/C15H9FN2OS/c16-11-3-1-10(2-4-11)14-8-19-15-6-5-12(17-9-20)7-13(15)18-14/h1-7H,8H2. The quantitative estimate of drug-likeness (QED) is 0.615. The third kappa shape index (κ3) is 2.50. The molecule has 0 spiro atoms. The first-order valence-corrected chi connectivity index (χ1v) is 6.35. The number of nitrogens with zero attached hydrogens (tertiary/aromatic N) is 2. The Labute approximate surface area is 120 Å². The van der Waals surface area contributed by atoms with Crippen LogP contribution >= 0.6 is 12.2 Å². The zero-order valence-corrected chi connectivity index (χ0v) is 11.2. The van der Waals surface area contributed by atoms with Crippen molar-refractivity contribution in [1.29, 1.82) is 0 Å². The van der Waals surface area contributed by atoms with Gasteiger partial charge in [0.2, 0.25) is 0 Å². The number of hydrogen-bond acceptors (Lipinski definition) is 4. The summed E-state index contributed by atoms with van der Waals surface area (Å²) >= 11 is 4.58. The number of ether oxygens (including phenoxy) is 1. The average Bonchev–Trinajstić information content (AvgIpc) is 2.48. The summed E-state index contributed by atoms with van der Waals surface area (Å²) < 4.78 is 18.6. The maximum atomic E-state index is 12.9. The van der Waals surface area contributed by atoms with Gasteiger partial charge in [-0.2, -0.15) is 4.99 Å². The van der Waals surface area contributed by atoms with Crippen LogP contribution in [-0.4, -0.2) is 17.5 Å². The number of hydrogen-bond donors (Lipinski definition) is 0. The maximum absolute atomic E-state index is 12.9. The molecule has 3 nitrogen and oxygen atoms in total. The van der Waals surface area contributed by atoms with Gasteiger partial charge in [0, 0.05) is 0 Å². The molecule has 0 radical (unpaired) electrons. The molecular weight excluding hydrogens is 275 g/mol. The molecule has 0 aromatic heterocycles. The van der Waals surface area contributed by atoms with E-state index in [0.717, 1.165) is 11.3 Å². The lowest BCUT2D eigenvalue weighted by Gasteiger charge is -2.17. The molecule has 0 saturated heterocycles. The Morgan fingerprint density at radius 3 is 2.75 bits per heavy atom. The van der Waals surface area contributed by atoms with E-state index in [-0.39, 0.29) is 5.82 Å². The van der Waals surface area contributed by atoms with Crippen LogP contribution in [0.1, 0.15) is 5.56 Å². The maximum Gasteiger partial charge on any atom is 0.145 e. The van der Waals surface area contributed by atoms with Crippen LogP contribution in [0, 0.1) is 5.82 Å². The van der Waals surface area contributed by atoms with Crippen LogP contribution in [0.25, 0.3) is 0 Å². The molecule has 0 aliphatic carbocycles. The Hall–Kier alpha value is -2.36. The second kappa shape index (κ2) is 5.33. The fourth-order valence-electron chi connectivity index (χ4n) is 1.95. The number of aliphatic imine (C=N–C) groups is 2. The Balaban J connectivity index is 2.02. The van der Waals surface area contributed by atoms with E-state index >= 15 is 0 Å². The fourth-order valence-corrected chi connectivity index (χ4v) is 2.06. The molecule has 1 aliphatic rings. The Morgan fingerprint density at radius 2 is 2.00 bits per heavy atom. The molecule has 0 unspecified atom stereocenters. The van der Waals surface area contributed by atoms with Gasteiger partial charge in [-0.25, -0.2) is 9.38 Å². The van der Waals surface area contributed by atoms with Crippen LogP contribution in [0.15, 0.2) is 52.4 Å². The van der Waals surface area contributed by atoms with Crippen molar-refractivity contribution in [2.24, 2.45) is 9.98 Å². The van der Waals surface area contributed by atoms with Crippen molar-refractivity contribution in [3.05, 3.63) is 53.8 Å². The lowest BCUT2D eigenvalue weighted by atomic mass is 10.1. The normalized spacial score (nSPS) is 12.8. The van der Waals surface area contributed by atoms with Crippen molar-refractivity contribution in [3.63, 3.8) is 0 Å². The summed E-state index contributed by atoms with van der Waals surface area (Å²) in [5, 5.41) is 2.32. The summed E-state index contributed by atoms with van der Waals surface area (Å²) in [6.45, 7) is 0.356. The second-order valence-corrected chi connectivity index (χ2v) is 4.39. The number of benzene rings is 2. The van der Waals surface area contributed by atoms with Gasteiger partial charge >= 0.3 is 0 Å². The number of fused-ring (bicyclic) bond motifs is 1. The minimum atomic E-state index is -0.274. The molecule has 98 valence electrons. The zero-order valence-electron chi connectivity index (χ0n) is 10.3. The highest BCUT2D eigenvalue weighted by Gasteiger charge is 2.15. The summed E-state index contributed by atoms with van der Waals surface area (Å²) in [7, 11) is 0. The molecule has 20 heavy (non-hydrogen) atoms. The number of thiocarbonyl (C=S) groups is 1. The Kier molecular flexibility index (Phi) is 3.37. The molecule has 2 aromatic carbocycles. The van der Waals surface area contributed by atoms with Crippen LogP contribution in [0.4, 0.5) is 15.8 Å². The highest BCUT2D eigenvalue weighted by Crippen LogP contribution is 2.34. The van der Waals surface area contributed by atoms with Crippen molar-refractivity contribution in [3.8, 4) is 5.75 Å². The minimum Gasteiger partial charge on any atom is -0.485 e. The van der Waals surface area contributed by atoms with E-state index in [9.17, 15) is 4.39 Å². The molecule has 3 rings (SSSR count). The lowest BCUT2D eigenvalue weighted by Crippen LogP contribution is -2.16. The molecule has 0 amide bonds. The number of halogens is 1. The van der Waals surface area contributed by atoms with E-state index in [2.05, 4.69) is 27.4 Å². The largest absolute Gasteiger partial charge is 0.485 e. The molecule has 5 heteroatoms. The van der Waals surface area contributed by atoms with Gasteiger partial charge in [-0.05, 0) is 48.1 Å². The van der Waals surface area contributed by atoms with Gasteiger partial charge in [-0.15, -0.1) is 0 Å². The van der Waals surface area contributed by atoms with Gasteiger partial charge in [0.05, 0.1) is 16.6 Å². The van der Waals surface area contributed by atoms with Gasteiger partial charge in [0.15, 0.2) is 0 Å². The van der Waals surface area contributed by atoms with Crippen molar-refractivity contribution in [2.45, 2.75) is 0 Å². The summed E-state index contributed by atoms with van der Waals surface area (Å²) in [6, 6.07) is 11.5. The van der Waals surface area contributed by atoms with Crippen LogP contribution in [0.5, 0.6) is 5.75 Å². The monoisotopic (exact) mass is 284 g/mol. The van der Waals surface area contributed by atoms with Gasteiger partial charge in [0.1, 0.15) is 23.9 Å². The van der Waals surface area contributed by atoms with Crippen molar-refractivity contribution >= 4 is 34.5 Å². The Bertz CT molecular complexity index is 734. The van der Waals surface area contributed by atoms with Crippen molar-refractivity contribution in [2.75, 3.05) is 6.61 Å². The van der Waals surface area contributed by atoms with Crippen LogP contribution < -0.4 is 4.74 Å². The van der Waals surface area contributed by atoms with E-state index in [0.29, 0.717) is 23.7 Å². The van der Waals surface area contributed by atoms with Crippen molar-refractivity contribution < 1.29 is 9.13 Å². The predicted octanol–water partition coefficient (Wildman–Crippen LogP) is 4.07. The van der Waals surface area contributed by atoms with Gasteiger partial charge in [-0.3, -0.25) is 0 Å². The molecule has 2 aromatic rings.